The van der Waals surface area contributed by atoms with Crippen LogP contribution in [0, 0.1) is 12.7 Å². The molecule has 21 heavy (non-hydrogen) atoms. The van der Waals surface area contributed by atoms with Gasteiger partial charge in [0.25, 0.3) is 9.05 Å². The van der Waals surface area contributed by atoms with E-state index in [0.29, 0.717) is 16.9 Å². The summed E-state index contributed by atoms with van der Waals surface area (Å²) in [6.45, 7) is 1.66. The van der Waals surface area contributed by atoms with E-state index in [1.807, 2.05) is 0 Å². The van der Waals surface area contributed by atoms with Gasteiger partial charge in [-0.05, 0) is 36.8 Å². The van der Waals surface area contributed by atoms with E-state index in [2.05, 4.69) is 0 Å². The van der Waals surface area contributed by atoms with Crippen molar-refractivity contribution in [1.82, 2.24) is 0 Å². The van der Waals surface area contributed by atoms with Gasteiger partial charge < -0.3 is 4.74 Å². The van der Waals surface area contributed by atoms with E-state index in [4.69, 9.17) is 27.0 Å². The first-order valence-electron chi connectivity index (χ1n) is 5.90. The number of halogens is 3. The van der Waals surface area contributed by atoms with Gasteiger partial charge in [0.1, 0.15) is 18.2 Å². The van der Waals surface area contributed by atoms with Crippen LogP contribution < -0.4 is 4.74 Å². The molecule has 0 aromatic heterocycles. The first kappa shape index (κ1) is 16.1. The van der Waals surface area contributed by atoms with Gasteiger partial charge in [0.2, 0.25) is 0 Å². The van der Waals surface area contributed by atoms with Crippen LogP contribution >= 0.6 is 22.3 Å². The average molecular weight is 349 g/mol. The summed E-state index contributed by atoms with van der Waals surface area (Å²) >= 11 is 5.69. The molecule has 0 amide bonds. The molecular weight excluding hydrogens is 338 g/mol. The smallest absolute Gasteiger partial charge is 0.261 e. The molecule has 0 unspecified atom stereocenters. The van der Waals surface area contributed by atoms with E-state index >= 15 is 0 Å². The van der Waals surface area contributed by atoms with Crippen LogP contribution in [0.4, 0.5) is 4.39 Å². The van der Waals surface area contributed by atoms with Crippen LogP contribution in [-0.2, 0) is 15.7 Å². The molecule has 0 radical (unpaired) electrons. The molecular formula is C14H11Cl2FO3S. The normalized spacial score (nSPS) is 11.4. The van der Waals surface area contributed by atoms with Gasteiger partial charge in [0.15, 0.2) is 0 Å². The van der Waals surface area contributed by atoms with Crippen LogP contribution in [-0.4, -0.2) is 8.42 Å². The predicted molar refractivity (Wildman–Crippen MR) is 80.0 cm³/mol. The highest BCUT2D eigenvalue weighted by molar-refractivity contribution is 8.13. The zero-order valence-corrected chi connectivity index (χ0v) is 13.3. The molecule has 2 rings (SSSR count). The average Bonchev–Trinajstić information content (AvgIpc) is 2.40. The minimum absolute atomic E-state index is 0.0112. The van der Waals surface area contributed by atoms with E-state index in [-0.39, 0.29) is 16.5 Å². The molecule has 112 valence electrons. The summed E-state index contributed by atoms with van der Waals surface area (Å²) in [5.74, 6) is -0.0878. The highest BCUT2D eigenvalue weighted by Gasteiger charge is 2.13. The fraction of sp³-hybridized carbons (Fsp3) is 0.143. The first-order chi connectivity index (χ1) is 9.79. The molecule has 7 heteroatoms. The summed E-state index contributed by atoms with van der Waals surface area (Å²) in [6, 6.07) is 8.85. The fourth-order valence-electron chi connectivity index (χ4n) is 1.75. The van der Waals surface area contributed by atoms with Gasteiger partial charge in [-0.25, -0.2) is 12.8 Å². The standard InChI is InChI=1S/C14H11Cl2FO3S/c1-9-7-11(21(16,18)19)5-6-13(9)20-8-10-3-2-4-12(15)14(10)17/h2-7H,8H2,1H3. The molecule has 0 N–H and O–H groups in total. The number of hydrogen-bond donors (Lipinski definition) is 0. The summed E-state index contributed by atoms with van der Waals surface area (Å²) in [6.07, 6.45) is 0. The van der Waals surface area contributed by atoms with Crippen molar-refractivity contribution in [3.63, 3.8) is 0 Å². The van der Waals surface area contributed by atoms with Gasteiger partial charge in [-0.1, -0.05) is 23.7 Å². The monoisotopic (exact) mass is 348 g/mol. The van der Waals surface area contributed by atoms with E-state index < -0.39 is 14.9 Å². The maximum absolute atomic E-state index is 13.7. The summed E-state index contributed by atoms with van der Waals surface area (Å²) in [5.41, 5.74) is 0.898. The van der Waals surface area contributed by atoms with Crippen molar-refractivity contribution in [2.45, 2.75) is 18.4 Å². The number of hydrogen-bond acceptors (Lipinski definition) is 3. The minimum Gasteiger partial charge on any atom is -0.489 e. The van der Waals surface area contributed by atoms with Crippen LogP contribution in [0.2, 0.25) is 5.02 Å². The molecule has 0 aliphatic heterocycles. The van der Waals surface area contributed by atoms with Gasteiger partial charge in [0, 0.05) is 16.2 Å². The van der Waals surface area contributed by atoms with E-state index in [9.17, 15) is 12.8 Å². The van der Waals surface area contributed by atoms with E-state index in [1.165, 1.54) is 24.3 Å². The van der Waals surface area contributed by atoms with Crippen LogP contribution in [0.1, 0.15) is 11.1 Å². The van der Waals surface area contributed by atoms with E-state index in [1.54, 1.807) is 19.1 Å². The van der Waals surface area contributed by atoms with Crippen LogP contribution in [0.15, 0.2) is 41.3 Å². The number of benzene rings is 2. The van der Waals surface area contributed by atoms with Crippen molar-refractivity contribution in [2.75, 3.05) is 0 Å². The Bertz CT molecular complexity index is 776. The third-order valence-electron chi connectivity index (χ3n) is 2.84. The Morgan fingerprint density at radius 2 is 1.95 bits per heavy atom. The molecule has 0 spiro atoms. The second-order valence-corrected chi connectivity index (χ2v) is 7.34. The van der Waals surface area contributed by atoms with Gasteiger partial charge in [-0.15, -0.1) is 0 Å². The highest BCUT2D eigenvalue weighted by atomic mass is 35.7. The molecule has 0 saturated carbocycles. The second-order valence-electron chi connectivity index (χ2n) is 4.37. The third-order valence-corrected chi connectivity index (χ3v) is 4.49. The zero-order valence-electron chi connectivity index (χ0n) is 10.9. The quantitative estimate of drug-likeness (QED) is 0.774. The Morgan fingerprint density at radius 3 is 2.57 bits per heavy atom. The van der Waals surface area contributed by atoms with Gasteiger partial charge >= 0.3 is 0 Å². The van der Waals surface area contributed by atoms with Crippen LogP contribution in [0.3, 0.4) is 0 Å². The van der Waals surface area contributed by atoms with Gasteiger partial charge in [-0.2, -0.15) is 0 Å². The van der Waals surface area contributed by atoms with Crippen LogP contribution in [0.25, 0.3) is 0 Å². The Morgan fingerprint density at radius 1 is 1.24 bits per heavy atom. The lowest BCUT2D eigenvalue weighted by molar-refractivity contribution is 0.297. The van der Waals surface area contributed by atoms with E-state index in [0.717, 1.165) is 0 Å². The van der Waals surface area contributed by atoms with Crippen molar-refractivity contribution in [3.05, 3.63) is 58.4 Å². The topological polar surface area (TPSA) is 43.4 Å². The summed E-state index contributed by atoms with van der Waals surface area (Å²) < 4.78 is 41.6. The maximum atomic E-state index is 13.7. The molecule has 0 bridgehead atoms. The molecule has 2 aromatic rings. The minimum atomic E-state index is -3.78. The molecule has 0 aliphatic rings. The second kappa shape index (κ2) is 6.22. The highest BCUT2D eigenvalue weighted by Crippen LogP contribution is 2.25. The van der Waals surface area contributed by atoms with Crippen molar-refractivity contribution in [2.24, 2.45) is 0 Å². The lowest BCUT2D eigenvalue weighted by Crippen LogP contribution is -2.01. The largest absolute Gasteiger partial charge is 0.489 e. The van der Waals surface area contributed by atoms with Gasteiger partial charge in [-0.3, -0.25) is 0 Å². The number of rotatable bonds is 4. The van der Waals surface area contributed by atoms with Crippen molar-refractivity contribution >= 4 is 31.3 Å². The predicted octanol–water partition coefficient (Wildman–Crippen LogP) is 4.29. The zero-order chi connectivity index (χ0) is 15.6. The molecule has 0 fully saturated rings. The molecule has 0 saturated heterocycles. The van der Waals surface area contributed by atoms with Gasteiger partial charge in [0.05, 0.1) is 9.92 Å². The summed E-state index contributed by atoms with van der Waals surface area (Å²) in [7, 11) is 1.48. The van der Waals surface area contributed by atoms with Crippen molar-refractivity contribution in [3.8, 4) is 5.75 Å². The first-order valence-corrected chi connectivity index (χ1v) is 8.59. The van der Waals surface area contributed by atoms with Crippen molar-refractivity contribution in [1.29, 1.82) is 0 Å². The fourth-order valence-corrected chi connectivity index (χ4v) is 2.78. The summed E-state index contributed by atoms with van der Waals surface area (Å²) in [5, 5.41) is 0.0244. The Balaban J connectivity index is 2.19. The Hall–Kier alpha value is -1.30. The molecule has 0 atom stereocenters. The molecule has 3 nitrogen and oxygen atoms in total. The SMILES string of the molecule is Cc1cc(S(=O)(=O)Cl)ccc1OCc1cccc(Cl)c1F. The number of aryl methyl sites for hydroxylation is 1. The Kier molecular flexibility index (Phi) is 4.76. The Labute approximate surface area is 131 Å². The number of ether oxygens (including phenoxy) is 1. The molecule has 2 aromatic carbocycles. The van der Waals surface area contributed by atoms with Crippen LogP contribution in [0.5, 0.6) is 5.75 Å². The summed E-state index contributed by atoms with van der Waals surface area (Å²) in [4.78, 5) is -0.0112. The lowest BCUT2D eigenvalue weighted by atomic mass is 10.2. The van der Waals surface area contributed by atoms with Crippen molar-refractivity contribution < 1.29 is 17.5 Å². The molecule has 0 aliphatic carbocycles. The lowest BCUT2D eigenvalue weighted by Gasteiger charge is -2.11. The maximum Gasteiger partial charge on any atom is 0.261 e. The molecule has 0 heterocycles. The third kappa shape index (κ3) is 3.87.